The van der Waals surface area contributed by atoms with Gasteiger partial charge in [-0.2, -0.15) is 0 Å². The molecule has 4 aromatic rings. The quantitative estimate of drug-likeness (QED) is 0.451. The van der Waals surface area contributed by atoms with Gasteiger partial charge in [-0.15, -0.1) is 6.58 Å². The number of halogens is 1. The number of para-hydroxylation sites is 1. The summed E-state index contributed by atoms with van der Waals surface area (Å²) in [5.74, 6) is -0.276. The van der Waals surface area contributed by atoms with Crippen LogP contribution in [0.2, 0.25) is 0 Å². The van der Waals surface area contributed by atoms with Crippen LogP contribution in [0.3, 0.4) is 0 Å². The number of amides is 1. The van der Waals surface area contributed by atoms with Gasteiger partial charge in [0.2, 0.25) is 0 Å². The molecule has 1 unspecified atom stereocenters. The van der Waals surface area contributed by atoms with Crippen LogP contribution in [0.4, 0.5) is 4.39 Å². The third-order valence-corrected chi connectivity index (χ3v) is 5.54. The van der Waals surface area contributed by atoms with Crippen LogP contribution in [-0.4, -0.2) is 22.3 Å². The lowest BCUT2D eigenvalue weighted by atomic mass is 9.93. The molecule has 5 rings (SSSR count). The zero-order chi connectivity index (χ0) is 20.0. The van der Waals surface area contributed by atoms with Crippen LogP contribution >= 0.6 is 0 Å². The highest BCUT2D eigenvalue weighted by atomic mass is 19.1. The number of nitrogens with one attached hydrogen (secondary N) is 1. The molecule has 142 valence electrons. The van der Waals surface area contributed by atoms with Crippen molar-refractivity contribution in [2.24, 2.45) is 0 Å². The number of rotatable bonds is 4. The third-order valence-electron chi connectivity index (χ3n) is 5.54. The fourth-order valence-electron chi connectivity index (χ4n) is 4.30. The van der Waals surface area contributed by atoms with Crippen LogP contribution < -0.4 is 0 Å². The molecule has 0 spiro atoms. The topological polar surface area (TPSA) is 36.1 Å². The predicted octanol–water partition coefficient (Wildman–Crippen LogP) is 5.71. The van der Waals surface area contributed by atoms with E-state index < -0.39 is 0 Å². The molecule has 1 amide bonds. The number of benzene rings is 3. The Bertz CT molecular complexity index is 1240. The lowest BCUT2D eigenvalue weighted by molar-refractivity contribution is 0.0771. The van der Waals surface area contributed by atoms with Gasteiger partial charge in [0.15, 0.2) is 0 Å². The van der Waals surface area contributed by atoms with Crippen molar-refractivity contribution in [1.82, 2.24) is 9.88 Å². The summed E-state index contributed by atoms with van der Waals surface area (Å²) < 4.78 is 13.5. The lowest BCUT2D eigenvalue weighted by Gasteiger charge is -2.25. The van der Waals surface area contributed by atoms with Crippen molar-refractivity contribution < 1.29 is 9.18 Å². The minimum Gasteiger partial charge on any atom is -0.354 e. The third kappa shape index (κ3) is 2.68. The number of fused-ring (bicyclic) bond motifs is 2. The molecule has 2 heterocycles. The average molecular weight is 382 g/mol. The lowest BCUT2D eigenvalue weighted by Crippen LogP contribution is -2.29. The molecular weight excluding hydrogens is 363 g/mol. The van der Waals surface area contributed by atoms with E-state index in [0.717, 1.165) is 38.9 Å². The molecule has 0 fully saturated rings. The first kappa shape index (κ1) is 17.4. The highest BCUT2D eigenvalue weighted by Crippen LogP contribution is 2.45. The summed E-state index contributed by atoms with van der Waals surface area (Å²) in [5.41, 5.74) is 5.48. The second-order valence-electron chi connectivity index (χ2n) is 7.20. The molecule has 1 aliphatic heterocycles. The van der Waals surface area contributed by atoms with Gasteiger partial charge in [0, 0.05) is 28.6 Å². The Hall–Kier alpha value is -3.66. The molecule has 3 aromatic carbocycles. The van der Waals surface area contributed by atoms with Crippen molar-refractivity contribution in [2.75, 3.05) is 6.54 Å². The minimum atomic E-state index is -0.277. The highest BCUT2D eigenvalue weighted by Gasteiger charge is 2.39. The fourth-order valence-corrected chi connectivity index (χ4v) is 4.30. The molecule has 0 aliphatic carbocycles. The predicted molar refractivity (Wildman–Crippen MR) is 113 cm³/mol. The molecular formula is C25H19FN2O. The summed E-state index contributed by atoms with van der Waals surface area (Å²) >= 11 is 0. The second-order valence-corrected chi connectivity index (χ2v) is 7.20. The molecule has 1 N–H and O–H groups in total. The number of aromatic nitrogens is 1. The van der Waals surface area contributed by atoms with Crippen molar-refractivity contribution in [3.8, 4) is 11.3 Å². The van der Waals surface area contributed by atoms with Crippen molar-refractivity contribution in [1.29, 1.82) is 0 Å². The SMILES string of the molecule is C=CCN1C(=O)c2ccccc2C1c1c(-c2ccc(F)cc2)[nH]c2ccccc12. The fraction of sp³-hybridized carbons (Fsp3) is 0.0800. The molecule has 1 aliphatic rings. The summed E-state index contributed by atoms with van der Waals surface area (Å²) in [6.45, 7) is 4.29. The van der Waals surface area contributed by atoms with Crippen LogP contribution in [0.25, 0.3) is 22.2 Å². The smallest absolute Gasteiger partial charge is 0.255 e. The van der Waals surface area contributed by atoms with Gasteiger partial charge in [-0.3, -0.25) is 4.79 Å². The normalized spacial score (nSPS) is 15.7. The van der Waals surface area contributed by atoms with Crippen molar-refractivity contribution in [3.05, 3.63) is 108 Å². The molecule has 1 atom stereocenters. The van der Waals surface area contributed by atoms with E-state index in [4.69, 9.17) is 0 Å². The Labute approximate surface area is 168 Å². The molecule has 29 heavy (non-hydrogen) atoms. The van der Waals surface area contributed by atoms with Gasteiger partial charge in [-0.25, -0.2) is 4.39 Å². The Balaban J connectivity index is 1.81. The van der Waals surface area contributed by atoms with Gasteiger partial charge >= 0.3 is 0 Å². The largest absolute Gasteiger partial charge is 0.354 e. The number of nitrogens with zero attached hydrogens (tertiary/aromatic N) is 1. The number of aromatic amines is 1. The Morgan fingerprint density at radius 3 is 2.52 bits per heavy atom. The Kier molecular flexibility index (Phi) is 4.06. The maximum Gasteiger partial charge on any atom is 0.255 e. The van der Waals surface area contributed by atoms with Crippen molar-refractivity contribution in [2.45, 2.75) is 6.04 Å². The minimum absolute atomic E-state index is 0.000775. The van der Waals surface area contributed by atoms with Gasteiger partial charge in [0.25, 0.3) is 5.91 Å². The van der Waals surface area contributed by atoms with E-state index in [0.29, 0.717) is 6.54 Å². The van der Waals surface area contributed by atoms with E-state index in [9.17, 15) is 9.18 Å². The van der Waals surface area contributed by atoms with Gasteiger partial charge < -0.3 is 9.88 Å². The first-order valence-electron chi connectivity index (χ1n) is 9.56. The van der Waals surface area contributed by atoms with Crippen molar-refractivity contribution >= 4 is 16.8 Å². The monoisotopic (exact) mass is 382 g/mol. The van der Waals surface area contributed by atoms with E-state index >= 15 is 0 Å². The first-order chi connectivity index (χ1) is 14.2. The Morgan fingerprint density at radius 1 is 1.00 bits per heavy atom. The maximum atomic E-state index is 13.5. The van der Waals surface area contributed by atoms with Crippen molar-refractivity contribution in [3.63, 3.8) is 0 Å². The molecule has 0 saturated heterocycles. The number of hydrogen-bond acceptors (Lipinski definition) is 1. The Morgan fingerprint density at radius 2 is 1.72 bits per heavy atom. The van der Waals surface area contributed by atoms with E-state index in [2.05, 4.69) is 17.6 Å². The average Bonchev–Trinajstić information content (AvgIpc) is 3.25. The van der Waals surface area contributed by atoms with Crippen LogP contribution in [-0.2, 0) is 0 Å². The van der Waals surface area contributed by atoms with E-state index in [-0.39, 0.29) is 17.8 Å². The van der Waals surface area contributed by atoms with Crippen LogP contribution in [0.1, 0.15) is 27.5 Å². The second kappa shape index (κ2) is 6.74. The van der Waals surface area contributed by atoms with E-state index in [1.165, 1.54) is 12.1 Å². The molecule has 0 bridgehead atoms. The molecule has 0 radical (unpaired) electrons. The maximum absolute atomic E-state index is 13.5. The molecule has 1 aromatic heterocycles. The zero-order valence-corrected chi connectivity index (χ0v) is 15.7. The molecule has 4 heteroatoms. The standard InChI is InChI=1S/C25H19FN2O/c1-2-15-28-24(18-7-3-4-8-19(18)25(28)29)22-20-9-5-6-10-21(20)27-23(22)16-11-13-17(26)14-12-16/h2-14,24,27H,1,15H2. The number of hydrogen-bond donors (Lipinski definition) is 1. The summed E-state index contributed by atoms with van der Waals surface area (Å²) in [6.07, 6.45) is 1.75. The van der Waals surface area contributed by atoms with Crippen LogP contribution in [0.15, 0.2) is 85.5 Å². The summed E-state index contributed by atoms with van der Waals surface area (Å²) in [6, 6.07) is 22.0. The molecule has 3 nitrogen and oxygen atoms in total. The van der Waals surface area contributed by atoms with E-state index in [1.807, 2.05) is 47.4 Å². The number of carbonyl (C=O) groups is 1. The highest BCUT2D eigenvalue weighted by molar-refractivity contribution is 6.02. The summed E-state index contributed by atoms with van der Waals surface area (Å²) in [4.78, 5) is 18.5. The van der Waals surface area contributed by atoms with Gasteiger partial charge in [-0.05, 0) is 47.5 Å². The van der Waals surface area contributed by atoms with Gasteiger partial charge in [-0.1, -0.05) is 42.5 Å². The van der Waals surface area contributed by atoms with Crippen LogP contribution in [0, 0.1) is 5.82 Å². The number of carbonyl (C=O) groups excluding carboxylic acids is 1. The van der Waals surface area contributed by atoms with Gasteiger partial charge in [0.1, 0.15) is 5.82 Å². The van der Waals surface area contributed by atoms with Crippen LogP contribution in [0.5, 0.6) is 0 Å². The van der Waals surface area contributed by atoms with E-state index in [1.54, 1.807) is 18.2 Å². The summed E-state index contributed by atoms with van der Waals surface area (Å²) in [5, 5.41) is 1.05. The zero-order valence-electron chi connectivity index (χ0n) is 15.7. The molecule has 0 saturated carbocycles. The van der Waals surface area contributed by atoms with Gasteiger partial charge in [0.05, 0.1) is 11.7 Å². The number of H-pyrrole nitrogens is 1. The first-order valence-corrected chi connectivity index (χ1v) is 9.56. The summed E-state index contributed by atoms with van der Waals surface area (Å²) in [7, 11) is 0.